The van der Waals surface area contributed by atoms with E-state index in [1.54, 1.807) is 18.4 Å². The Morgan fingerprint density at radius 2 is 2.19 bits per heavy atom. The van der Waals surface area contributed by atoms with Gasteiger partial charge in [0.1, 0.15) is 6.17 Å². The molecule has 1 N–H and O–H groups in total. The van der Waals surface area contributed by atoms with E-state index in [4.69, 9.17) is 4.74 Å². The summed E-state index contributed by atoms with van der Waals surface area (Å²) >= 11 is 1.70. The van der Waals surface area contributed by atoms with Crippen molar-refractivity contribution in [2.45, 2.75) is 51.9 Å². The van der Waals surface area contributed by atoms with Crippen LogP contribution in [0.4, 0.5) is 0 Å². The zero-order chi connectivity index (χ0) is 15.4. The summed E-state index contributed by atoms with van der Waals surface area (Å²) in [5.74, 6) is 0.552. The summed E-state index contributed by atoms with van der Waals surface area (Å²) in [5, 5.41) is 5.61. The van der Waals surface area contributed by atoms with E-state index >= 15 is 0 Å². The number of amides is 1. The number of nitrogens with zero attached hydrogens (tertiary/aromatic N) is 1. The molecule has 1 fully saturated rings. The summed E-state index contributed by atoms with van der Waals surface area (Å²) in [5.41, 5.74) is 0. The average molecular weight is 310 g/mol. The molecule has 0 spiro atoms. The van der Waals surface area contributed by atoms with Gasteiger partial charge >= 0.3 is 0 Å². The van der Waals surface area contributed by atoms with Gasteiger partial charge in [0.05, 0.1) is 18.7 Å². The zero-order valence-corrected chi connectivity index (χ0v) is 14.2. The minimum atomic E-state index is -0.0898. The van der Waals surface area contributed by atoms with Crippen molar-refractivity contribution in [3.8, 4) is 0 Å². The molecule has 0 radical (unpaired) electrons. The van der Waals surface area contributed by atoms with Crippen molar-refractivity contribution in [1.82, 2.24) is 10.2 Å². The number of rotatable bonds is 7. The molecule has 1 aromatic rings. The van der Waals surface area contributed by atoms with Gasteiger partial charge in [0, 0.05) is 12.0 Å². The first-order valence-electron chi connectivity index (χ1n) is 7.74. The van der Waals surface area contributed by atoms with E-state index in [0.717, 1.165) is 12.8 Å². The van der Waals surface area contributed by atoms with Crippen LogP contribution in [0.1, 0.15) is 44.7 Å². The van der Waals surface area contributed by atoms with E-state index in [1.807, 2.05) is 11.0 Å². The molecule has 1 aromatic heterocycles. The van der Waals surface area contributed by atoms with Crippen molar-refractivity contribution in [2.75, 3.05) is 13.7 Å². The van der Waals surface area contributed by atoms with Gasteiger partial charge in [-0.15, -0.1) is 11.3 Å². The van der Waals surface area contributed by atoms with Crippen LogP contribution in [0, 0.1) is 5.92 Å². The Balaban J connectivity index is 2.29. The van der Waals surface area contributed by atoms with E-state index < -0.39 is 0 Å². The molecule has 5 heteroatoms. The second kappa shape index (κ2) is 7.38. The number of hydrogen-bond donors (Lipinski definition) is 1. The highest BCUT2D eigenvalue weighted by atomic mass is 32.1. The molecule has 4 unspecified atom stereocenters. The number of carbonyl (C=O) groups excluding carboxylic acids is 1. The third-order valence-electron chi connectivity index (χ3n) is 4.39. The maximum absolute atomic E-state index is 12.9. The summed E-state index contributed by atoms with van der Waals surface area (Å²) in [6.45, 7) is 6.97. The highest BCUT2D eigenvalue weighted by Crippen LogP contribution is 2.33. The van der Waals surface area contributed by atoms with Crippen LogP contribution in [0.3, 0.4) is 0 Å². The van der Waals surface area contributed by atoms with Gasteiger partial charge in [-0.3, -0.25) is 10.1 Å². The highest BCUT2D eigenvalue weighted by molar-refractivity contribution is 7.10. The number of nitrogens with one attached hydrogen (secondary N) is 1. The van der Waals surface area contributed by atoms with Crippen LogP contribution in [-0.2, 0) is 9.53 Å². The lowest BCUT2D eigenvalue weighted by molar-refractivity contribution is -0.134. The minimum absolute atomic E-state index is 0.0170. The summed E-state index contributed by atoms with van der Waals surface area (Å²) in [4.78, 5) is 16.1. The number of carbonyl (C=O) groups is 1. The van der Waals surface area contributed by atoms with Crippen LogP contribution in [-0.4, -0.2) is 36.6 Å². The smallest absolute Gasteiger partial charge is 0.241 e. The Hall–Kier alpha value is -0.910. The molecule has 1 aliphatic rings. The lowest BCUT2D eigenvalue weighted by Crippen LogP contribution is -2.43. The number of methoxy groups -OCH3 is 1. The Bertz CT molecular complexity index is 449. The molecule has 0 saturated carbocycles. The third kappa shape index (κ3) is 3.30. The maximum Gasteiger partial charge on any atom is 0.241 e. The summed E-state index contributed by atoms with van der Waals surface area (Å²) in [6, 6.07) is 4.17. The number of ether oxygens (including phenoxy) is 1. The molecule has 4 nitrogen and oxygen atoms in total. The normalized spacial score (nSPS) is 25.3. The van der Waals surface area contributed by atoms with Crippen LogP contribution < -0.4 is 5.32 Å². The first-order valence-corrected chi connectivity index (χ1v) is 8.62. The van der Waals surface area contributed by atoms with E-state index in [2.05, 4.69) is 37.5 Å². The molecule has 21 heavy (non-hydrogen) atoms. The predicted molar refractivity (Wildman–Crippen MR) is 86.2 cm³/mol. The van der Waals surface area contributed by atoms with Crippen molar-refractivity contribution in [3.63, 3.8) is 0 Å². The van der Waals surface area contributed by atoms with Crippen LogP contribution in [0.5, 0.6) is 0 Å². The molecule has 1 saturated heterocycles. The summed E-state index contributed by atoms with van der Waals surface area (Å²) in [6.07, 6.45) is 1.88. The molecule has 2 heterocycles. The van der Waals surface area contributed by atoms with Crippen molar-refractivity contribution < 1.29 is 9.53 Å². The van der Waals surface area contributed by atoms with Crippen molar-refractivity contribution in [3.05, 3.63) is 22.4 Å². The van der Waals surface area contributed by atoms with Gasteiger partial charge in [0.2, 0.25) is 5.91 Å². The van der Waals surface area contributed by atoms with Gasteiger partial charge in [-0.25, -0.2) is 0 Å². The fraction of sp³-hybridized carbons (Fsp3) is 0.688. The lowest BCUT2D eigenvalue weighted by atomic mass is 9.99. The standard InChI is InChI=1S/C16H26N2O2S/c1-5-11(3)14-16(19)18(12(6-2)10-20-4)15(17-14)13-8-7-9-21-13/h7-9,11-12,14-15,17H,5-6,10H2,1-4H3. The van der Waals surface area contributed by atoms with Crippen LogP contribution >= 0.6 is 11.3 Å². The number of hydrogen-bond acceptors (Lipinski definition) is 4. The molecular formula is C16H26N2O2S. The molecule has 1 aliphatic heterocycles. The van der Waals surface area contributed by atoms with Gasteiger partial charge in [0.15, 0.2) is 0 Å². The van der Waals surface area contributed by atoms with Crippen LogP contribution in [0.2, 0.25) is 0 Å². The summed E-state index contributed by atoms with van der Waals surface area (Å²) < 4.78 is 5.33. The number of thiophene rings is 1. The Morgan fingerprint density at radius 1 is 1.43 bits per heavy atom. The molecular weight excluding hydrogens is 284 g/mol. The first kappa shape index (κ1) is 16.5. The maximum atomic E-state index is 12.9. The van der Waals surface area contributed by atoms with Crippen molar-refractivity contribution in [1.29, 1.82) is 0 Å². The van der Waals surface area contributed by atoms with E-state index in [9.17, 15) is 4.79 Å². The van der Waals surface area contributed by atoms with E-state index in [1.165, 1.54) is 4.88 Å². The van der Waals surface area contributed by atoms with Gasteiger partial charge in [-0.2, -0.15) is 0 Å². The SMILES string of the molecule is CCC(C)C1NC(c2cccs2)N(C(CC)COC)C1=O. The average Bonchev–Trinajstić information content (AvgIpc) is 3.12. The molecule has 118 valence electrons. The van der Waals surface area contributed by atoms with Crippen LogP contribution in [0.15, 0.2) is 17.5 Å². The fourth-order valence-electron chi connectivity index (χ4n) is 2.90. The molecule has 0 aromatic carbocycles. The topological polar surface area (TPSA) is 41.6 Å². The Labute approximate surface area is 131 Å². The Morgan fingerprint density at radius 3 is 2.71 bits per heavy atom. The van der Waals surface area contributed by atoms with Crippen molar-refractivity contribution >= 4 is 17.2 Å². The van der Waals surface area contributed by atoms with Gasteiger partial charge < -0.3 is 9.64 Å². The van der Waals surface area contributed by atoms with E-state index in [-0.39, 0.29) is 24.2 Å². The third-order valence-corrected chi connectivity index (χ3v) is 5.31. The van der Waals surface area contributed by atoms with E-state index in [0.29, 0.717) is 12.5 Å². The quantitative estimate of drug-likeness (QED) is 0.842. The molecule has 0 aliphatic carbocycles. The highest BCUT2D eigenvalue weighted by Gasteiger charge is 2.44. The van der Waals surface area contributed by atoms with Gasteiger partial charge in [-0.1, -0.05) is 33.3 Å². The monoisotopic (exact) mass is 310 g/mol. The predicted octanol–water partition coefficient (Wildman–Crippen LogP) is 3.02. The van der Waals surface area contributed by atoms with Gasteiger partial charge in [0.25, 0.3) is 0 Å². The van der Waals surface area contributed by atoms with Crippen LogP contribution in [0.25, 0.3) is 0 Å². The van der Waals surface area contributed by atoms with Gasteiger partial charge in [-0.05, 0) is 23.8 Å². The molecule has 1 amide bonds. The lowest BCUT2D eigenvalue weighted by Gasteiger charge is -2.31. The molecule has 2 rings (SSSR count). The largest absolute Gasteiger partial charge is 0.383 e. The summed E-state index contributed by atoms with van der Waals surface area (Å²) in [7, 11) is 1.70. The second-order valence-electron chi connectivity index (χ2n) is 5.71. The molecule has 0 bridgehead atoms. The first-order chi connectivity index (χ1) is 10.1. The second-order valence-corrected chi connectivity index (χ2v) is 6.69. The van der Waals surface area contributed by atoms with Crippen molar-refractivity contribution in [2.24, 2.45) is 5.92 Å². The Kier molecular flexibility index (Phi) is 5.79. The minimum Gasteiger partial charge on any atom is -0.383 e. The fourth-order valence-corrected chi connectivity index (χ4v) is 3.68. The molecule has 4 atom stereocenters. The zero-order valence-electron chi connectivity index (χ0n) is 13.3.